The second kappa shape index (κ2) is 4.78. The highest BCUT2D eigenvalue weighted by atomic mass is 16.7. The smallest absolute Gasteiger partial charge is 0.340 e. The van der Waals surface area contributed by atoms with Crippen molar-refractivity contribution in [1.82, 2.24) is 0 Å². The third kappa shape index (κ3) is 2.47. The van der Waals surface area contributed by atoms with Gasteiger partial charge in [-0.05, 0) is 19.8 Å². The Morgan fingerprint density at radius 2 is 2.14 bits per heavy atom. The predicted octanol–water partition coefficient (Wildman–Crippen LogP) is 2.29. The van der Waals surface area contributed by atoms with E-state index in [1.807, 2.05) is 13.8 Å². The molecule has 1 aliphatic heterocycles. The summed E-state index contributed by atoms with van der Waals surface area (Å²) in [5.41, 5.74) is -0.638. The molecule has 0 bridgehead atoms. The van der Waals surface area contributed by atoms with E-state index in [4.69, 9.17) is 9.47 Å². The second-order valence-electron chi connectivity index (χ2n) is 3.96. The van der Waals surface area contributed by atoms with Gasteiger partial charge in [-0.15, -0.1) is 0 Å². The van der Waals surface area contributed by atoms with E-state index in [1.54, 1.807) is 0 Å². The van der Waals surface area contributed by atoms with Crippen LogP contribution in [0.2, 0.25) is 0 Å². The topological polar surface area (TPSA) is 38.8 Å². The molecule has 0 amide bonds. The normalized spacial score (nSPS) is 30.1. The van der Waals surface area contributed by atoms with Gasteiger partial charge in [-0.3, -0.25) is 0 Å². The first-order chi connectivity index (χ1) is 6.65. The van der Waals surface area contributed by atoms with Gasteiger partial charge in [0.15, 0.2) is 5.60 Å². The molecule has 82 valence electrons. The number of esters is 1. The Labute approximate surface area is 85.8 Å². The van der Waals surface area contributed by atoms with E-state index in [1.165, 1.54) is 0 Å². The van der Waals surface area contributed by atoms with Crippen molar-refractivity contribution in [2.75, 3.05) is 6.61 Å². The van der Waals surface area contributed by atoms with E-state index in [0.717, 1.165) is 25.7 Å². The van der Waals surface area contributed by atoms with Gasteiger partial charge in [-0.1, -0.05) is 26.7 Å². The number of rotatable bonds is 6. The summed E-state index contributed by atoms with van der Waals surface area (Å²) < 4.78 is 10.4. The molecule has 0 aromatic heterocycles. The van der Waals surface area contributed by atoms with Crippen LogP contribution in [0, 0.1) is 0 Å². The zero-order valence-electron chi connectivity index (χ0n) is 9.34. The van der Waals surface area contributed by atoms with Crippen LogP contribution in [-0.4, -0.2) is 24.3 Å². The molecule has 1 saturated heterocycles. The van der Waals surface area contributed by atoms with Gasteiger partial charge in [0, 0.05) is 0 Å². The molecule has 1 aliphatic rings. The van der Waals surface area contributed by atoms with Crippen LogP contribution >= 0.6 is 0 Å². The molecule has 0 aromatic carbocycles. The zero-order valence-corrected chi connectivity index (χ0v) is 9.34. The molecule has 14 heavy (non-hydrogen) atoms. The maximum absolute atomic E-state index is 11.5. The first-order valence-electron chi connectivity index (χ1n) is 5.50. The van der Waals surface area contributed by atoms with Crippen molar-refractivity contribution >= 4 is 5.97 Å². The minimum atomic E-state index is -0.638. The van der Waals surface area contributed by atoms with Crippen LogP contribution in [0.15, 0.2) is 0 Å². The lowest BCUT2D eigenvalue weighted by Gasteiger charge is -2.07. The molecule has 0 aliphatic carbocycles. The molecule has 1 rings (SSSR count). The van der Waals surface area contributed by atoms with Crippen molar-refractivity contribution in [2.24, 2.45) is 0 Å². The number of carbonyl (C=O) groups is 1. The Kier molecular flexibility index (Phi) is 3.93. The SMILES string of the molecule is CCCCCOC(=O)C1(C)OC1CC. The predicted molar refractivity (Wildman–Crippen MR) is 54.1 cm³/mol. The molecule has 0 spiro atoms. The molecule has 3 heteroatoms. The van der Waals surface area contributed by atoms with Crippen molar-refractivity contribution in [3.63, 3.8) is 0 Å². The van der Waals surface area contributed by atoms with Crippen LogP contribution in [-0.2, 0) is 14.3 Å². The fourth-order valence-corrected chi connectivity index (χ4v) is 1.57. The van der Waals surface area contributed by atoms with E-state index in [2.05, 4.69) is 6.92 Å². The summed E-state index contributed by atoms with van der Waals surface area (Å²) in [7, 11) is 0. The summed E-state index contributed by atoms with van der Waals surface area (Å²) in [6.07, 6.45) is 4.15. The molecule has 0 N–H and O–H groups in total. The van der Waals surface area contributed by atoms with Crippen LogP contribution in [0.25, 0.3) is 0 Å². The quantitative estimate of drug-likeness (QED) is 0.375. The van der Waals surface area contributed by atoms with Gasteiger partial charge in [0.2, 0.25) is 0 Å². The van der Waals surface area contributed by atoms with Gasteiger partial charge >= 0.3 is 5.97 Å². The third-order valence-electron chi connectivity index (χ3n) is 2.70. The minimum absolute atomic E-state index is 0.0705. The van der Waals surface area contributed by atoms with Gasteiger partial charge in [0.05, 0.1) is 12.7 Å². The van der Waals surface area contributed by atoms with E-state index in [0.29, 0.717) is 6.61 Å². The Hall–Kier alpha value is -0.570. The van der Waals surface area contributed by atoms with Crippen LogP contribution in [0.5, 0.6) is 0 Å². The standard InChI is InChI=1S/C11H20O3/c1-4-6-7-8-13-10(12)11(3)9(5-2)14-11/h9H,4-8H2,1-3H3. The average molecular weight is 200 g/mol. The molecular weight excluding hydrogens is 180 g/mol. The lowest BCUT2D eigenvalue weighted by molar-refractivity contribution is -0.149. The number of hydrogen-bond acceptors (Lipinski definition) is 3. The summed E-state index contributed by atoms with van der Waals surface area (Å²) in [5, 5.41) is 0. The highest BCUT2D eigenvalue weighted by Crippen LogP contribution is 2.39. The molecule has 0 radical (unpaired) electrons. The molecule has 1 heterocycles. The summed E-state index contributed by atoms with van der Waals surface area (Å²) >= 11 is 0. The number of ether oxygens (including phenoxy) is 2. The molecule has 2 atom stereocenters. The average Bonchev–Trinajstić information content (AvgIpc) is 2.86. The molecular formula is C11H20O3. The van der Waals surface area contributed by atoms with Gasteiger partial charge in [0.25, 0.3) is 0 Å². The Morgan fingerprint density at radius 3 is 2.64 bits per heavy atom. The fraction of sp³-hybridized carbons (Fsp3) is 0.909. The summed E-state index contributed by atoms with van der Waals surface area (Å²) in [6.45, 7) is 6.48. The second-order valence-corrected chi connectivity index (χ2v) is 3.96. The molecule has 1 fully saturated rings. The Morgan fingerprint density at radius 1 is 1.43 bits per heavy atom. The third-order valence-corrected chi connectivity index (χ3v) is 2.70. The molecule has 3 nitrogen and oxygen atoms in total. The maximum atomic E-state index is 11.5. The first-order valence-corrected chi connectivity index (χ1v) is 5.50. The van der Waals surface area contributed by atoms with Gasteiger partial charge in [-0.2, -0.15) is 0 Å². The molecule has 0 saturated carbocycles. The van der Waals surface area contributed by atoms with Crippen molar-refractivity contribution in [2.45, 2.75) is 58.2 Å². The highest BCUT2D eigenvalue weighted by Gasteiger charge is 2.58. The fourth-order valence-electron chi connectivity index (χ4n) is 1.57. The largest absolute Gasteiger partial charge is 0.463 e. The minimum Gasteiger partial charge on any atom is -0.463 e. The Bertz CT molecular complexity index is 203. The molecule has 0 aromatic rings. The number of carbonyl (C=O) groups excluding carboxylic acids is 1. The number of epoxide rings is 1. The van der Waals surface area contributed by atoms with Crippen molar-refractivity contribution in [3.05, 3.63) is 0 Å². The van der Waals surface area contributed by atoms with Gasteiger partial charge < -0.3 is 9.47 Å². The van der Waals surface area contributed by atoms with Gasteiger partial charge in [-0.25, -0.2) is 4.79 Å². The number of unbranched alkanes of at least 4 members (excludes halogenated alkanes) is 2. The van der Waals surface area contributed by atoms with Crippen molar-refractivity contribution in [3.8, 4) is 0 Å². The van der Waals surface area contributed by atoms with E-state index in [-0.39, 0.29) is 12.1 Å². The Balaban J connectivity index is 2.17. The van der Waals surface area contributed by atoms with Crippen LogP contribution in [0.1, 0.15) is 46.5 Å². The van der Waals surface area contributed by atoms with Crippen LogP contribution < -0.4 is 0 Å². The van der Waals surface area contributed by atoms with E-state index < -0.39 is 5.60 Å². The summed E-state index contributed by atoms with van der Waals surface area (Å²) in [6, 6.07) is 0. The lowest BCUT2D eigenvalue weighted by Crippen LogP contribution is -2.26. The van der Waals surface area contributed by atoms with E-state index >= 15 is 0 Å². The van der Waals surface area contributed by atoms with Crippen molar-refractivity contribution in [1.29, 1.82) is 0 Å². The number of hydrogen-bond donors (Lipinski definition) is 0. The highest BCUT2D eigenvalue weighted by molar-refractivity contribution is 5.82. The van der Waals surface area contributed by atoms with Crippen molar-refractivity contribution < 1.29 is 14.3 Å². The van der Waals surface area contributed by atoms with E-state index in [9.17, 15) is 4.79 Å². The summed E-state index contributed by atoms with van der Waals surface area (Å²) in [5.74, 6) is -0.194. The van der Waals surface area contributed by atoms with Crippen LogP contribution in [0.3, 0.4) is 0 Å². The first kappa shape index (κ1) is 11.5. The molecule has 2 unspecified atom stereocenters. The summed E-state index contributed by atoms with van der Waals surface area (Å²) in [4.78, 5) is 11.5. The maximum Gasteiger partial charge on any atom is 0.340 e. The zero-order chi connectivity index (χ0) is 10.6. The van der Waals surface area contributed by atoms with Crippen LogP contribution in [0.4, 0.5) is 0 Å². The monoisotopic (exact) mass is 200 g/mol. The lowest BCUT2D eigenvalue weighted by atomic mass is 10.1. The van der Waals surface area contributed by atoms with Gasteiger partial charge in [0.1, 0.15) is 0 Å².